The van der Waals surface area contributed by atoms with E-state index in [9.17, 15) is 14.0 Å². The smallest absolute Gasteiger partial charge is 0.243 e. The van der Waals surface area contributed by atoms with Crippen molar-refractivity contribution in [3.8, 4) is 0 Å². The van der Waals surface area contributed by atoms with Gasteiger partial charge in [-0.25, -0.2) is 4.39 Å². The van der Waals surface area contributed by atoms with Crippen LogP contribution < -0.4 is 5.32 Å². The number of likely N-dealkylation sites (tertiary alicyclic amines) is 1. The molecule has 1 saturated heterocycles. The minimum absolute atomic E-state index is 0.0327. The van der Waals surface area contributed by atoms with E-state index >= 15 is 0 Å². The first-order valence-corrected chi connectivity index (χ1v) is 13.4. The second-order valence-electron chi connectivity index (χ2n) is 10.5. The molecule has 0 bridgehead atoms. The van der Waals surface area contributed by atoms with Crippen molar-refractivity contribution in [2.45, 2.75) is 57.8 Å². The summed E-state index contributed by atoms with van der Waals surface area (Å²) in [6, 6.07) is 21.6. The molecule has 0 unspecified atom stereocenters. The van der Waals surface area contributed by atoms with Crippen LogP contribution in [0.2, 0.25) is 0 Å². The van der Waals surface area contributed by atoms with Crippen molar-refractivity contribution in [2.75, 3.05) is 6.54 Å². The third-order valence-corrected chi connectivity index (χ3v) is 7.37. The summed E-state index contributed by atoms with van der Waals surface area (Å²) in [7, 11) is 0. The predicted octanol–water partition coefficient (Wildman–Crippen LogP) is 5.45. The van der Waals surface area contributed by atoms with Crippen LogP contribution in [0.5, 0.6) is 0 Å². The Bertz CT molecular complexity index is 1470. The second-order valence-corrected chi connectivity index (χ2v) is 10.5. The number of carbonyl (C=O) groups excluding carboxylic acids is 2. The molecule has 6 nitrogen and oxygen atoms in total. The highest BCUT2D eigenvalue weighted by Crippen LogP contribution is 2.27. The molecule has 200 valence electrons. The highest BCUT2D eigenvalue weighted by Gasteiger charge is 2.40. The number of halogens is 1. The number of nitrogens with one attached hydrogen (secondary N) is 1. The number of amides is 2. The number of rotatable bonds is 7. The van der Waals surface area contributed by atoms with Crippen molar-refractivity contribution in [3.05, 3.63) is 107 Å². The maximum absolute atomic E-state index is 14.7. The summed E-state index contributed by atoms with van der Waals surface area (Å²) in [6.07, 6.45) is 0.597. The highest BCUT2D eigenvalue weighted by atomic mass is 19.1. The lowest BCUT2D eigenvalue weighted by molar-refractivity contribution is -0.138. The normalized spacial score (nSPS) is 17.9. The van der Waals surface area contributed by atoms with E-state index in [1.54, 1.807) is 0 Å². The molecule has 1 fully saturated rings. The number of alkyl halides is 1. The van der Waals surface area contributed by atoms with Gasteiger partial charge in [-0.15, -0.1) is 0 Å². The van der Waals surface area contributed by atoms with Gasteiger partial charge in [0.15, 0.2) is 0 Å². The van der Waals surface area contributed by atoms with Gasteiger partial charge in [0.25, 0.3) is 0 Å². The molecule has 0 saturated carbocycles. The van der Waals surface area contributed by atoms with Crippen molar-refractivity contribution < 1.29 is 14.0 Å². The Labute approximate surface area is 228 Å². The first-order chi connectivity index (χ1) is 18.8. The molecule has 2 aromatic carbocycles. The Balaban J connectivity index is 1.38. The van der Waals surface area contributed by atoms with Gasteiger partial charge < -0.3 is 10.2 Å². The lowest BCUT2D eigenvalue weighted by Crippen LogP contribution is -2.47. The van der Waals surface area contributed by atoms with Crippen molar-refractivity contribution in [2.24, 2.45) is 0 Å². The van der Waals surface area contributed by atoms with Crippen LogP contribution in [0.1, 0.15) is 60.3 Å². The molecule has 3 heterocycles. The predicted molar refractivity (Wildman–Crippen MR) is 150 cm³/mol. The number of aryl methyl sites for hydroxylation is 1. The quantitative estimate of drug-likeness (QED) is 0.349. The first-order valence-electron chi connectivity index (χ1n) is 13.4. The summed E-state index contributed by atoms with van der Waals surface area (Å²) >= 11 is 0. The highest BCUT2D eigenvalue weighted by molar-refractivity contribution is 5.92. The largest absolute Gasteiger partial charge is 0.342 e. The first kappa shape index (κ1) is 26.5. The summed E-state index contributed by atoms with van der Waals surface area (Å²) in [6.45, 7) is 6.02. The standard InChI is InChI=1S/C32H33FN4O2/c1-20(2)24-13-15-28(34-18-24)31(22-8-5-4-6-9-22)36-32(39)29-17-25(33)19-37(29)30(38)16-23-10-7-11-27-26(23)14-12-21(3)35-27/h4-15,18,20,25,29,31H,16-17,19H2,1-3H3,(H,36,39)/t25-,29+,31+/m1/s1. The second kappa shape index (κ2) is 11.3. The molecule has 1 aliphatic heterocycles. The Morgan fingerprint density at radius 1 is 1.00 bits per heavy atom. The maximum Gasteiger partial charge on any atom is 0.243 e. The van der Waals surface area contributed by atoms with Gasteiger partial charge in [0, 0.05) is 23.7 Å². The monoisotopic (exact) mass is 524 g/mol. The maximum atomic E-state index is 14.7. The number of aromatic nitrogens is 2. The average Bonchev–Trinajstić information content (AvgIpc) is 3.34. The third-order valence-electron chi connectivity index (χ3n) is 7.37. The average molecular weight is 525 g/mol. The van der Waals surface area contributed by atoms with E-state index in [0.29, 0.717) is 11.6 Å². The van der Waals surface area contributed by atoms with Gasteiger partial charge in [0.1, 0.15) is 12.2 Å². The summed E-state index contributed by atoms with van der Waals surface area (Å²) < 4.78 is 14.7. The number of hydrogen-bond donors (Lipinski definition) is 1. The fourth-order valence-corrected chi connectivity index (χ4v) is 5.19. The minimum Gasteiger partial charge on any atom is -0.342 e. The number of hydrogen-bond acceptors (Lipinski definition) is 4. The fourth-order valence-electron chi connectivity index (χ4n) is 5.19. The molecule has 7 heteroatoms. The van der Waals surface area contributed by atoms with Crippen molar-refractivity contribution in [1.29, 1.82) is 0 Å². The van der Waals surface area contributed by atoms with E-state index in [1.165, 1.54) is 4.90 Å². The molecule has 3 atom stereocenters. The van der Waals surface area contributed by atoms with Crippen molar-refractivity contribution in [3.63, 3.8) is 0 Å². The molecular formula is C32H33FN4O2. The molecule has 4 aromatic rings. The van der Waals surface area contributed by atoms with Crippen LogP contribution >= 0.6 is 0 Å². The zero-order valence-corrected chi connectivity index (χ0v) is 22.5. The van der Waals surface area contributed by atoms with Gasteiger partial charge in [0.2, 0.25) is 11.8 Å². The Kier molecular flexibility index (Phi) is 7.68. The van der Waals surface area contributed by atoms with Gasteiger partial charge in [-0.1, -0.05) is 68.4 Å². The van der Waals surface area contributed by atoms with E-state index in [0.717, 1.165) is 33.3 Å². The van der Waals surface area contributed by atoms with E-state index in [4.69, 9.17) is 0 Å². The number of benzene rings is 2. The lowest BCUT2D eigenvalue weighted by atomic mass is 10.00. The van der Waals surface area contributed by atoms with Crippen LogP contribution in [-0.4, -0.2) is 45.4 Å². The molecule has 39 heavy (non-hydrogen) atoms. The van der Waals surface area contributed by atoms with Crippen LogP contribution in [0, 0.1) is 6.92 Å². The van der Waals surface area contributed by atoms with Gasteiger partial charge in [-0.2, -0.15) is 0 Å². The van der Waals surface area contributed by atoms with Gasteiger partial charge in [-0.05, 0) is 47.7 Å². The van der Waals surface area contributed by atoms with Crippen molar-refractivity contribution in [1.82, 2.24) is 20.2 Å². The van der Waals surface area contributed by atoms with Crippen LogP contribution in [0.4, 0.5) is 4.39 Å². The van der Waals surface area contributed by atoms with E-state index in [1.807, 2.05) is 85.9 Å². The number of fused-ring (bicyclic) bond motifs is 1. The third kappa shape index (κ3) is 5.82. The van der Waals surface area contributed by atoms with Crippen LogP contribution in [0.3, 0.4) is 0 Å². The molecule has 5 rings (SSSR count). The van der Waals surface area contributed by atoms with E-state index in [-0.39, 0.29) is 31.2 Å². The van der Waals surface area contributed by atoms with Crippen molar-refractivity contribution >= 4 is 22.7 Å². The van der Waals surface area contributed by atoms with Gasteiger partial charge in [0.05, 0.1) is 30.2 Å². The lowest BCUT2D eigenvalue weighted by Gasteiger charge is -2.27. The molecule has 0 radical (unpaired) electrons. The number of nitrogens with zero attached hydrogens (tertiary/aromatic N) is 3. The molecular weight excluding hydrogens is 491 g/mol. The molecule has 1 aliphatic rings. The molecule has 0 spiro atoms. The number of carbonyl (C=O) groups is 2. The SMILES string of the molecule is Cc1ccc2c(CC(=O)N3C[C@H](F)C[C@H]3C(=O)N[C@@H](c3ccccc3)c3ccc(C(C)C)cn3)cccc2n1. The molecule has 1 N–H and O–H groups in total. The Morgan fingerprint density at radius 2 is 1.79 bits per heavy atom. The van der Waals surface area contributed by atoms with Crippen LogP contribution in [0.25, 0.3) is 10.9 Å². The number of pyridine rings is 2. The Morgan fingerprint density at radius 3 is 2.51 bits per heavy atom. The van der Waals surface area contributed by atoms with E-state index < -0.39 is 18.3 Å². The summed E-state index contributed by atoms with van der Waals surface area (Å²) in [5, 5.41) is 3.96. The summed E-state index contributed by atoms with van der Waals surface area (Å²) in [4.78, 5) is 37.7. The minimum atomic E-state index is -1.26. The zero-order valence-electron chi connectivity index (χ0n) is 22.5. The van der Waals surface area contributed by atoms with Gasteiger partial charge in [-0.3, -0.25) is 19.6 Å². The topological polar surface area (TPSA) is 75.2 Å². The summed E-state index contributed by atoms with van der Waals surface area (Å²) in [5.74, 6) is -0.334. The van der Waals surface area contributed by atoms with Gasteiger partial charge >= 0.3 is 0 Å². The fraction of sp³-hybridized carbons (Fsp3) is 0.312. The Hall–Kier alpha value is -4.13. The van der Waals surface area contributed by atoms with Crippen LogP contribution in [0.15, 0.2) is 79.0 Å². The molecule has 0 aliphatic carbocycles. The molecule has 2 amide bonds. The summed E-state index contributed by atoms with van der Waals surface area (Å²) in [5.41, 5.74) is 5.16. The molecule has 2 aromatic heterocycles. The van der Waals surface area contributed by atoms with Crippen LogP contribution in [-0.2, 0) is 16.0 Å². The van der Waals surface area contributed by atoms with E-state index in [2.05, 4.69) is 29.1 Å². The zero-order chi connectivity index (χ0) is 27.5.